The summed E-state index contributed by atoms with van der Waals surface area (Å²) in [6, 6.07) is 8.46. The number of carbonyl (C=O) groups is 2. The molecule has 0 bridgehead atoms. The minimum absolute atomic E-state index is 0.00154. The predicted molar refractivity (Wildman–Crippen MR) is 153 cm³/mol. The van der Waals surface area contributed by atoms with Crippen LogP contribution in [-0.4, -0.2) is 50.4 Å². The number of halogens is 6. The molecule has 0 saturated heterocycles. The molecule has 10 nitrogen and oxygen atoms in total. The van der Waals surface area contributed by atoms with Gasteiger partial charge in [-0.05, 0) is 45.7 Å². The molecule has 1 N–H and O–H groups in total. The van der Waals surface area contributed by atoms with E-state index < -0.39 is 83.1 Å². The summed E-state index contributed by atoms with van der Waals surface area (Å²) in [6.07, 6.45) is -9.61. The average molecular weight is 658 g/mol. The zero-order valence-corrected chi connectivity index (χ0v) is 25.7. The zero-order valence-electron chi connectivity index (χ0n) is 25.7. The Hall–Kier alpha value is -4.47. The molecule has 0 aliphatic carbocycles. The van der Waals surface area contributed by atoms with Crippen molar-refractivity contribution < 1.29 is 49.8 Å². The molecule has 0 aliphatic heterocycles. The second-order valence-electron chi connectivity index (χ2n) is 11.2. The number of carbonyl (C=O) groups excluding carboxylic acids is 2. The van der Waals surface area contributed by atoms with Crippen molar-refractivity contribution in [3.05, 3.63) is 71.8 Å². The maximum atomic E-state index is 14.4. The SMILES string of the molecule is C=CCCN(Cc1nc(-c2nnc(C(C)(OCc3ccccc3)C(F)(F)F)o2)c(NC(=O)OC(C)(C)C)cc1C(F)(F)F)C(C)=O. The molecule has 1 unspecified atom stereocenters. The summed E-state index contributed by atoms with van der Waals surface area (Å²) >= 11 is 0. The number of hydrogen-bond donors (Lipinski definition) is 1. The van der Waals surface area contributed by atoms with Crippen LogP contribution >= 0.6 is 0 Å². The van der Waals surface area contributed by atoms with E-state index in [9.17, 15) is 35.9 Å². The summed E-state index contributed by atoms with van der Waals surface area (Å²) in [5.74, 6) is -2.42. The second kappa shape index (κ2) is 13.9. The number of amides is 2. The van der Waals surface area contributed by atoms with Gasteiger partial charge in [0.15, 0.2) is 5.69 Å². The molecule has 250 valence electrons. The number of nitrogens with zero attached hydrogens (tertiary/aromatic N) is 4. The fourth-order valence-electron chi connectivity index (χ4n) is 3.94. The van der Waals surface area contributed by atoms with E-state index >= 15 is 0 Å². The van der Waals surface area contributed by atoms with Crippen LogP contribution < -0.4 is 5.32 Å². The molecule has 3 rings (SSSR count). The van der Waals surface area contributed by atoms with Crippen molar-refractivity contribution in [1.29, 1.82) is 0 Å². The van der Waals surface area contributed by atoms with Crippen molar-refractivity contribution in [1.82, 2.24) is 20.1 Å². The van der Waals surface area contributed by atoms with Crippen molar-refractivity contribution in [2.75, 3.05) is 11.9 Å². The highest BCUT2D eigenvalue weighted by atomic mass is 19.4. The smallest absolute Gasteiger partial charge is 0.426 e. The van der Waals surface area contributed by atoms with Gasteiger partial charge in [0, 0.05) is 13.5 Å². The molecule has 3 aromatic rings. The van der Waals surface area contributed by atoms with E-state index in [4.69, 9.17) is 13.9 Å². The number of rotatable bonds is 11. The summed E-state index contributed by atoms with van der Waals surface area (Å²) in [4.78, 5) is 29.9. The number of pyridine rings is 1. The minimum Gasteiger partial charge on any atom is -0.444 e. The number of anilines is 1. The number of alkyl halides is 6. The summed E-state index contributed by atoms with van der Waals surface area (Å²) in [5, 5.41) is 9.29. The molecule has 0 aliphatic rings. The first-order valence-electron chi connectivity index (χ1n) is 13.8. The molecular formula is C30H33F6N5O5. The molecule has 0 saturated carbocycles. The van der Waals surface area contributed by atoms with Crippen LogP contribution in [0.4, 0.5) is 36.8 Å². The Balaban J connectivity index is 2.19. The van der Waals surface area contributed by atoms with Crippen molar-refractivity contribution in [3.63, 3.8) is 0 Å². The first kappa shape index (κ1) is 36.0. The van der Waals surface area contributed by atoms with Gasteiger partial charge in [-0.1, -0.05) is 36.4 Å². The Morgan fingerprint density at radius 3 is 2.24 bits per heavy atom. The van der Waals surface area contributed by atoms with Crippen LogP contribution in [-0.2, 0) is 39.2 Å². The Kier molecular flexibility index (Phi) is 10.9. The second-order valence-corrected chi connectivity index (χ2v) is 11.2. The third-order valence-corrected chi connectivity index (χ3v) is 6.38. The standard InChI is InChI=1S/C30H33F6N5O5/c1-7-8-14-41(18(2)42)16-22-20(29(31,32)33)15-21(38-26(43)46-27(3,4)5)23(37-22)24-39-40-25(45-24)28(6,30(34,35)36)44-17-19-12-10-9-11-13-19/h7,9-13,15H,1,8,14,16-17H2,2-6H3,(H,38,43). The molecule has 2 aromatic heterocycles. The van der Waals surface area contributed by atoms with Crippen LogP contribution in [0.3, 0.4) is 0 Å². The van der Waals surface area contributed by atoms with Gasteiger partial charge in [0.1, 0.15) is 5.60 Å². The third-order valence-electron chi connectivity index (χ3n) is 6.38. The van der Waals surface area contributed by atoms with Crippen LogP contribution in [0.15, 0.2) is 53.5 Å². The number of ether oxygens (including phenoxy) is 2. The molecule has 16 heteroatoms. The maximum absolute atomic E-state index is 14.4. The Labute approximate surface area is 260 Å². The summed E-state index contributed by atoms with van der Waals surface area (Å²) in [5.41, 5.74) is -7.11. The molecule has 0 spiro atoms. The minimum atomic E-state index is -5.09. The summed E-state index contributed by atoms with van der Waals surface area (Å²) < 4.78 is 102. The monoisotopic (exact) mass is 657 g/mol. The van der Waals surface area contributed by atoms with Gasteiger partial charge >= 0.3 is 18.4 Å². The van der Waals surface area contributed by atoms with Gasteiger partial charge in [-0.2, -0.15) is 26.3 Å². The molecule has 0 fully saturated rings. The van der Waals surface area contributed by atoms with Gasteiger partial charge < -0.3 is 18.8 Å². The lowest BCUT2D eigenvalue weighted by Crippen LogP contribution is -2.42. The number of hydrogen-bond acceptors (Lipinski definition) is 8. The molecule has 1 aromatic carbocycles. The van der Waals surface area contributed by atoms with Crippen molar-refractivity contribution in [2.24, 2.45) is 0 Å². The highest BCUT2D eigenvalue weighted by Crippen LogP contribution is 2.43. The number of nitrogens with one attached hydrogen (secondary N) is 1. The van der Waals surface area contributed by atoms with Gasteiger partial charge in [0.05, 0.1) is 30.1 Å². The van der Waals surface area contributed by atoms with Gasteiger partial charge in [-0.15, -0.1) is 16.8 Å². The Morgan fingerprint density at radius 2 is 1.70 bits per heavy atom. The normalized spacial score (nSPS) is 13.5. The van der Waals surface area contributed by atoms with Crippen LogP contribution in [0, 0.1) is 0 Å². The molecule has 2 amide bonds. The largest absolute Gasteiger partial charge is 0.444 e. The lowest BCUT2D eigenvalue weighted by atomic mass is 10.1. The summed E-state index contributed by atoms with van der Waals surface area (Å²) in [7, 11) is 0. The number of benzene rings is 1. The molecule has 46 heavy (non-hydrogen) atoms. The first-order valence-corrected chi connectivity index (χ1v) is 13.8. The van der Waals surface area contributed by atoms with E-state index in [1.807, 2.05) is 0 Å². The van der Waals surface area contributed by atoms with E-state index in [0.29, 0.717) is 18.6 Å². The van der Waals surface area contributed by atoms with Crippen LogP contribution in [0.2, 0.25) is 0 Å². The average Bonchev–Trinajstić information content (AvgIpc) is 3.43. The molecule has 1 atom stereocenters. The topological polar surface area (TPSA) is 120 Å². The van der Waals surface area contributed by atoms with Gasteiger partial charge in [-0.25, -0.2) is 9.78 Å². The van der Waals surface area contributed by atoms with Crippen LogP contribution in [0.1, 0.15) is 63.8 Å². The van der Waals surface area contributed by atoms with E-state index in [1.165, 1.54) is 39.0 Å². The fourth-order valence-corrected chi connectivity index (χ4v) is 3.94. The highest BCUT2D eigenvalue weighted by molar-refractivity contribution is 5.89. The van der Waals surface area contributed by atoms with Gasteiger partial charge in [0.25, 0.3) is 11.8 Å². The maximum Gasteiger partial charge on any atom is 0.426 e. The van der Waals surface area contributed by atoms with Crippen molar-refractivity contribution >= 4 is 17.7 Å². The van der Waals surface area contributed by atoms with Crippen molar-refractivity contribution in [3.8, 4) is 11.6 Å². The fraction of sp³-hybridized carbons (Fsp3) is 0.433. The lowest BCUT2D eigenvalue weighted by molar-refractivity contribution is -0.289. The summed E-state index contributed by atoms with van der Waals surface area (Å²) in [6.45, 7) is 8.70. The zero-order chi connectivity index (χ0) is 34.5. The van der Waals surface area contributed by atoms with Gasteiger partial charge in [-0.3, -0.25) is 10.1 Å². The lowest BCUT2D eigenvalue weighted by Gasteiger charge is -2.28. The molecule has 2 heterocycles. The number of aromatic nitrogens is 3. The quantitative estimate of drug-likeness (QED) is 0.167. The Morgan fingerprint density at radius 1 is 1.04 bits per heavy atom. The van der Waals surface area contributed by atoms with E-state index in [-0.39, 0.29) is 13.0 Å². The first-order chi connectivity index (χ1) is 21.2. The van der Waals surface area contributed by atoms with Crippen molar-refractivity contribution in [2.45, 2.75) is 77.7 Å². The van der Waals surface area contributed by atoms with Crippen LogP contribution in [0.25, 0.3) is 11.6 Å². The molecular weight excluding hydrogens is 624 g/mol. The third kappa shape index (κ3) is 9.05. The Bertz CT molecular complexity index is 1540. The van der Waals surface area contributed by atoms with Gasteiger partial charge in [0.2, 0.25) is 11.5 Å². The van der Waals surface area contributed by atoms with E-state index in [2.05, 4.69) is 27.1 Å². The predicted octanol–water partition coefficient (Wildman–Crippen LogP) is 7.42. The highest BCUT2D eigenvalue weighted by Gasteiger charge is 2.58. The van der Waals surface area contributed by atoms with Crippen LogP contribution in [0.5, 0.6) is 0 Å². The van der Waals surface area contributed by atoms with E-state index in [1.54, 1.807) is 18.2 Å². The van der Waals surface area contributed by atoms with E-state index in [0.717, 1.165) is 11.8 Å². The molecule has 0 radical (unpaired) electrons.